The topological polar surface area (TPSA) is 66.6 Å². The number of nitrogens with zero attached hydrogens (tertiary/aromatic N) is 2. The van der Waals surface area contributed by atoms with E-state index in [0.717, 1.165) is 5.56 Å². The highest BCUT2D eigenvalue weighted by atomic mass is 19.3. The Labute approximate surface area is 144 Å². The van der Waals surface area contributed by atoms with Crippen LogP contribution in [0.1, 0.15) is 52.0 Å². The number of carbonyl (C=O) groups is 2. The largest absolute Gasteiger partial charge is 0.366 e. The molecule has 2 aliphatic heterocycles. The van der Waals surface area contributed by atoms with Crippen molar-refractivity contribution in [2.75, 3.05) is 13.1 Å². The molecule has 0 atom stereocenters. The number of carbonyl (C=O) groups excluding carboxylic acids is 2. The van der Waals surface area contributed by atoms with Crippen molar-refractivity contribution in [2.24, 2.45) is 5.73 Å². The van der Waals surface area contributed by atoms with Crippen LogP contribution in [0.15, 0.2) is 18.2 Å². The molecule has 0 bridgehead atoms. The van der Waals surface area contributed by atoms with Crippen molar-refractivity contribution in [3.63, 3.8) is 0 Å². The van der Waals surface area contributed by atoms with E-state index in [9.17, 15) is 18.4 Å². The summed E-state index contributed by atoms with van der Waals surface area (Å²) in [6.07, 6.45) is 0.934. The lowest BCUT2D eigenvalue weighted by Crippen LogP contribution is -2.62. The van der Waals surface area contributed by atoms with Crippen molar-refractivity contribution in [3.05, 3.63) is 34.9 Å². The van der Waals surface area contributed by atoms with Crippen LogP contribution in [0.5, 0.6) is 0 Å². The zero-order valence-electron chi connectivity index (χ0n) is 13.9. The Hall–Kier alpha value is -2.02. The molecule has 1 saturated carbocycles. The predicted octanol–water partition coefficient (Wildman–Crippen LogP) is 2.00. The Kier molecular flexibility index (Phi) is 3.79. The number of primary amides is 1. The average molecular weight is 349 g/mol. The molecule has 2 amide bonds. The third kappa shape index (κ3) is 2.80. The summed E-state index contributed by atoms with van der Waals surface area (Å²) in [6, 6.07) is 5.43. The number of alkyl halides is 2. The van der Waals surface area contributed by atoms with Crippen LogP contribution >= 0.6 is 0 Å². The lowest BCUT2D eigenvalue weighted by molar-refractivity contribution is -0.0715. The van der Waals surface area contributed by atoms with Gasteiger partial charge >= 0.3 is 0 Å². The highest BCUT2D eigenvalue weighted by Gasteiger charge is 2.44. The van der Waals surface area contributed by atoms with Gasteiger partial charge in [-0.05, 0) is 24.5 Å². The van der Waals surface area contributed by atoms with Gasteiger partial charge in [0.25, 0.3) is 5.91 Å². The van der Waals surface area contributed by atoms with Gasteiger partial charge in [-0.2, -0.15) is 0 Å². The SMILES string of the molecule is NC(=O)c1cccc2c1C(=O)N(C1CN(C3CCC(F)(F)CC3)C1)C2. The Morgan fingerprint density at radius 3 is 2.48 bits per heavy atom. The fourth-order valence-corrected chi connectivity index (χ4v) is 4.26. The molecule has 2 fully saturated rings. The van der Waals surface area contributed by atoms with E-state index in [-0.39, 0.29) is 36.4 Å². The van der Waals surface area contributed by atoms with Crippen LogP contribution in [0.2, 0.25) is 0 Å². The molecule has 3 aliphatic rings. The summed E-state index contributed by atoms with van der Waals surface area (Å²) in [5.74, 6) is -3.26. The van der Waals surface area contributed by atoms with Gasteiger partial charge < -0.3 is 10.6 Å². The van der Waals surface area contributed by atoms with Crippen molar-refractivity contribution in [1.29, 1.82) is 0 Å². The maximum Gasteiger partial charge on any atom is 0.255 e. The van der Waals surface area contributed by atoms with Gasteiger partial charge in [-0.15, -0.1) is 0 Å². The normalized spacial score (nSPS) is 24.2. The Morgan fingerprint density at radius 1 is 1.16 bits per heavy atom. The van der Waals surface area contributed by atoms with E-state index < -0.39 is 11.8 Å². The average Bonchev–Trinajstić information content (AvgIpc) is 2.84. The highest BCUT2D eigenvalue weighted by Crippen LogP contribution is 2.38. The zero-order valence-corrected chi connectivity index (χ0v) is 13.9. The molecule has 0 aromatic heterocycles. The minimum Gasteiger partial charge on any atom is -0.366 e. The monoisotopic (exact) mass is 349 g/mol. The summed E-state index contributed by atoms with van der Waals surface area (Å²) in [4.78, 5) is 28.3. The summed E-state index contributed by atoms with van der Waals surface area (Å²) in [7, 11) is 0. The number of hydrogen-bond acceptors (Lipinski definition) is 3. The summed E-state index contributed by atoms with van der Waals surface area (Å²) >= 11 is 0. The first-order valence-electron chi connectivity index (χ1n) is 8.70. The number of halogens is 2. The molecule has 2 N–H and O–H groups in total. The van der Waals surface area contributed by atoms with E-state index >= 15 is 0 Å². The van der Waals surface area contributed by atoms with Crippen LogP contribution in [-0.4, -0.2) is 52.7 Å². The summed E-state index contributed by atoms with van der Waals surface area (Å²) in [6.45, 7) is 1.90. The van der Waals surface area contributed by atoms with Crippen LogP contribution < -0.4 is 5.73 Å². The molecular weight excluding hydrogens is 328 g/mol. The van der Waals surface area contributed by atoms with Crippen molar-refractivity contribution >= 4 is 11.8 Å². The van der Waals surface area contributed by atoms with E-state index in [1.165, 1.54) is 0 Å². The van der Waals surface area contributed by atoms with Crippen LogP contribution in [0, 0.1) is 0 Å². The van der Waals surface area contributed by atoms with Crippen LogP contribution in [0.4, 0.5) is 8.78 Å². The third-order valence-electron chi connectivity index (χ3n) is 5.77. The molecule has 1 aromatic carbocycles. The van der Waals surface area contributed by atoms with Gasteiger partial charge in [0.05, 0.1) is 17.2 Å². The summed E-state index contributed by atoms with van der Waals surface area (Å²) in [5.41, 5.74) is 6.91. The lowest BCUT2D eigenvalue weighted by atomic mass is 9.88. The fourth-order valence-electron chi connectivity index (χ4n) is 4.26. The zero-order chi connectivity index (χ0) is 17.8. The molecule has 2 heterocycles. The van der Waals surface area contributed by atoms with Crippen LogP contribution in [0.25, 0.3) is 0 Å². The molecule has 5 nitrogen and oxygen atoms in total. The van der Waals surface area contributed by atoms with E-state index in [4.69, 9.17) is 5.73 Å². The Bertz CT molecular complexity index is 721. The molecule has 0 spiro atoms. The molecule has 0 radical (unpaired) electrons. The predicted molar refractivity (Wildman–Crippen MR) is 87.4 cm³/mol. The smallest absolute Gasteiger partial charge is 0.255 e. The highest BCUT2D eigenvalue weighted by molar-refractivity contribution is 6.09. The van der Waals surface area contributed by atoms with E-state index in [1.54, 1.807) is 17.0 Å². The van der Waals surface area contributed by atoms with Crippen molar-refractivity contribution in [2.45, 2.75) is 50.2 Å². The van der Waals surface area contributed by atoms with Gasteiger partial charge in [-0.1, -0.05) is 12.1 Å². The molecule has 25 heavy (non-hydrogen) atoms. The number of hydrogen-bond donors (Lipinski definition) is 1. The third-order valence-corrected chi connectivity index (χ3v) is 5.77. The number of fused-ring (bicyclic) bond motifs is 1. The second-order valence-electron chi connectivity index (χ2n) is 7.33. The maximum atomic E-state index is 13.3. The number of likely N-dealkylation sites (tertiary alicyclic amines) is 1. The van der Waals surface area contributed by atoms with Gasteiger partial charge in [-0.25, -0.2) is 8.78 Å². The first-order chi connectivity index (χ1) is 11.9. The van der Waals surface area contributed by atoms with Crippen molar-refractivity contribution in [1.82, 2.24) is 9.80 Å². The fraction of sp³-hybridized carbons (Fsp3) is 0.556. The van der Waals surface area contributed by atoms with Gasteiger partial charge in [-0.3, -0.25) is 14.5 Å². The molecule has 4 rings (SSSR count). The minimum absolute atomic E-state index is 0.0467. The summed E-state index contributed by atoms with van der Waals surface area (Å²) < 4.78 is 26.6. The molecular formula is C18H21F2N3O2. The van der Waals surface area contributed by atoms with E-state index in [2.05, 4.69) is 4.90 Å². The molecule has 1 aliphatic carbocycles. The first kappa shape index (κ1) is 16.4. The maximum absolute atomic E-state index is 13.3. The molecule has 1 saturated heterocycles. The first-order valence-corrected chi connectivity index (χ1v) is 8.70. The second-order valence-corrected chi connectivity index (χ2v) is 7.33. The van der Waals surface area contributed by atoms with Crippen molar-refractivity contribution < 1.29 is 18.4 Å². The Morgan fingerprint density at radius 2 is 1.84 bits per heavy atom. The van der Waals surface area contributed by atoms with Gasteiger partial charge in [0.2, 0.25) is 11.8 Å². The van der Waals surface area contributed by atoms with Gasteiger partial charge in [0.1, 0.15) is 0 Å². The number of rotatable bonds is 3. The van der Waals surface area contributed by atoms with Gasteiger partial charge in [0, 0.05) is 38.5 Å². The van der Waals surface area contributed by atoms with Crippen LogP contribution in [-0.2, 0) is 6.54 Å². The Balaban J connectivity index is 1.40. The number of benzene rings is 1. The standard InChI is InChI=1S/C18H21F2N3O2/c19-18(20)6-4-12(5-7-18)22-9-13(10-22)23-8-11-2-1-3-14(16(21)24)15(11)17(23)25/h1-3,12-13H,4-10H2,(H2,21,24). The quantitative estimate of drug-likeness (QED) is 0.908. The van der Waals surface area contributed by atoms with Gasteiger partial charge in [0.15, 0.2) is 0 Å². The van der Waals surface area contributed by atoms with Crippen molar-refractivity contribution in [3.8, 4) is 0 Å². The number of nitrogens with two attached hydrogens (primary N) is 1. The van der Waals surface area contributed by atoms with E-state index in [1.807, 2.05) is 6.07 Å². The summed E-state index contributed by atoms with van der Waals surface area (Å²) in [5, 5.41) is 0. The minimum atomic E-state index is -2.52. The molecule has 0 unspecified atom stereocenters. The molecule has 7 heteroatoms. The molecule has 134 valence electrons. The number of amides is 2. The van der Waals surface area contributed by atoms with E-state index in [0.29, 0.717) is 38.0 Å². The molecule has 1 aromatic rings. The lowest BCUT2D eigenvalue weighted by Gasteiger charge is -2.49. The van der Waals surface area contributed by atoms with Crippen LogP contribution in [0.3, 0.4) is 0 Å². The second kappa shape index (κ2) is 5.76.